The third kappa shape index (κ3) is 4.54. The monoisotopic (exact) mass is 478 g/mol. The summed E-state index contributed by atoms with van der Waals surface area (Å²) in [7, 11) is 0. The number of halogens is 2. The first-order valence-electron chi connectivity index (χ1n) is 11.3. The number of pyridine rings is 1. The number of hydrogen-bond acceptors (Lipinski definition) is 4. The van der Waals surface area contributed by atoms with Crippen LogP contribution in [0.1, 0.15) is 40.4 Å². The number of piperidine rings is 1. The first-order valence-corrected chi connectivity index (χ1v) is 11.6. The molecule has 2 aromatic heterocycles. The van der Waals surface area contributed by atoms with Crippen LogP contribution in [-0.2, 0) is 6.54 Å². The highest BCUT2D eigenvalue weighted by Crippen LogP contribution is 2.31. The van der Waals surface area contributed by atoms with Crippen LogP contribution in [0.4, 0.5) is 4.39 Å². The van der Waals surface area contributed by atoms with E-state index in [9.17, 15) is 14.3 Å². The molecule has 0 saturated carbocycles. The SMILES string of the molecule is O=C(c1cnc2c(cnn2Cc2ccccc2Cl)c1)N1CCC(C(O)c2ccc(F)cc2)CC1. The molecule has 6 nitrogen and oxygen atoms in total. The van der Waals surface area contributed by atoms with Crippen molar-refractivity contribution in [1.82, 2.24) is 19.7 Å². The lowest BCUT2D eigenvalue weighted by Gasteiger charge is -2.34. The predicted octanol–water partition coefficient (Wildman–Crippen LogP) is 4.86. The molecular weight excluding hydrogens is 455 g/mol. The molecule has 1 aliphatic heterocycles. The number of fused-ring (bicyclic) bond motifs is 1. The first-order chi connectivity index (χ1) is 16.5. The molecule has 0 aliphatic carbocycles. The summed E-state index contributed by atoms with van der Waals surface area (Å²) in [4.78, 5) is 19.4. The zero-order chi connectivity index (χ0) is 23.7. The van der Waals surface area contributed by atoms with E-state index in [1.165, 1.54) is 12.1 Å². The Morgan fingerprint density at radius 3 is 2.59 bits per heavy atom. The topological polar surface area (TPSA) is 71.2 Å². The molecule has 1 aliphatic rings. The Morgan fingerprint density at radius 1 is 1.12 bits per heavy atom. The number of hydrogen-bond donors (Lipinski definition) is 1. The molecule has 0 radical (unpaired) electrons. The molecule has 34 heavy (non-hydrogen) atoms. The van der Waals surface area contributed by atoms with E-state index in [-0.39, 0.29) is 17.6 Å². The number of likely N-dealkylation sites (tertiary alicyclic amines) is 1. The van der Waals surface area contributed by atoms with E-state index in [4.69, 9.17) is 11.6 Å². The smallest absolute Gasteiger partial charge is 0.255 e. The molecule has 5 rings (SSSR count). The second-order valence-electron chi connectivity index (χ2n) is 8.66. The number of benzene rings is 2. The second-order valence-corrected chi connectivity index (χ2v) is 9.06. The van der Waals surface area contributed by atoms with Crippen molar-refractivity contribution in [3.05, 3.63) is 94.5 Å². The average Bonchev–Trinajstić information content (AvgIpc) is 3.27. The third-order valence-electron chi connectivity index (χ3n) is 6.49. The maximum absolute atomic E-state index is 13.2. The molecule has 0 bridgehead atoms. The van der Waals surface area contributed by atoms with E-state index >= 15 is 0 Å². The van der Waals surface area contributed by atoms with Gasteiger partial charge in [-0.05, 0) is 54.2 Å². The maximum atomic E-state index is 13.2. The molecule has 1 saturated heterocycles. The van der Waals surface area contributed by atoms with Crippen molar-refractivity contribution < 1.29 is 14.3 Å². The van der Waals surface area contributed by atoms with Crippen molar-refractivity contribution in [3.8, 4) is 0 Å². The minimum Gasteiger partial charge on any atom is -0.388 e. The molecule has 1 unspecified atom stereocenters. The molecule has 2 aromatic carbocycles. The Bertz CT molecular complexity index is 1320. The van der Waals surface area contributed by atoms with Gasteiger partial charge in [-0.3, -0.25) is 4.79 Å². The standard InChI is InChI=1S/C26H24ClFN4O2/c27-23-4-2-1-3-19(23)16-32-25-20(15-30-32)13-21(14-29-25)26(34)31-11-9-18(10-12-31)24(33)17-5-7-22(28)8-6-17/h1-8,13-15,18,24,33H,9-12,16H2. The van der Waals surface area contributed by atoms with Gasteiger partial charge in [-0.25, -0.2) is 14.1 Å². The molecule has 1 N–H and O–H groups in total. The Hall–Kier alpha value is -3.29. The van der Waals surface area contributed by atoms with Gasteiger partial charge in [0.15, 0.2) is 5.65 Å². The molecule has 0 spiro atoms. The van der Waals surface area contributed by atoms with E-state index in [2.05, 4.69) is 10.1 Å². The van der Waals surface area contributed by atoms with Crippen molar-refractivity contribution in [2.75, 3.05) is 13.1 Å². The highest BCUT2D eigenvalue weighted by atomic mass is 35.5. The van der Waals surface area contributed by atoms with Crippen LogP contribution in [0.2, 0.25) is 5.02 Å². The maximum Gasteiger partial charge on any atom is 0.255 e. The Labute approximate surface area is 201 Å². The zero-order valence-corrected chi connectivity index (χ0v) is 19.2. The van der Waals surface area contributed by atoms with Crippen molar-refractivity contribution in [3.63, 3.8) is 0 Å². The van der Waals surface area contributed by atoms with Crippen molar-refractivity contribution in [1.29, 1.82) is 0 Å². The van der Waals surface area contributed by atoms with Gasteiger partial charge >= 0.3 is 0 Å². The van der Waals surface area contributed by atoms with Gasteiger partial charge in [-0.1, -0.05) is 41.9 Å². The van der Waals surface area contributed by atoms with Gasteiger partial charge in [-0.2, -0.15) is 5.10 Å². The first kappa shape index (κ1) is 22.5. The van der Waals surface area contributed by atoms with Gasteiger partial charge in [-0.15, -0.1) is 0 Å². The van der Waals surface area contributed by atoms with Crippen molar-refractivity contribution in [2.45, 2.75) is 25.5 Å². The second kappa shape index (κ2) is 9.52. The fourth-order valence-electron chi connectivity index (χ4n) is 4.53. The molecule has 1 fully saturated rings. The van der Waals surface area contributed by atoms with Crippen molar-refractivity contribution >= 4 is 28.5 Å². The van der Waals surface area contributed by atoms with Gasteiger partial charge in [0.1, 0.15) is 5.82 Å². The van der Waals surface area contributed by atoms with Gasteiger partial charge < -0.3 is 10.0 Å². The largest absolute Gasteiger partial charge is 0.388 e. The van der Waals surface area contributed by atoms with Crippen LogP contribution in [0.25, 0.3) is 11.0 Å². The summed E-state index contributed by atoms with van der Waals surface area (Å²) in [5, 5.41) is 16.6. The van der Waals surface area contributed by atoms with Crippen LogP contribution in [0.5, 0.6) is 0 Å². The van der Waals surface area contributed by atoms with Crippen molar-refractivity contribution in [2.24, 2.45) is 5.92 Å². The number of rotatable bonds is 5. The summed E-state index contributed by atoms with van der Waals surface area (Å²) in [5.74, 6) is -0.377. The van der Waals surface area contributed by atoms with Crippen LogP contribution >= 0.6 is 11.6 Å². The fraction of sp³-hybridized carbons (Fsp3) is 0.269. The lowest BCUT2D eigenvalue weighted by Crippen LogP contribution is -2.39. The predicted molar refractivity (Wildman–Crippen MR) is 128 cm³/mol. The molecule has 1 amide bonds. The Balaban J connectivity index is 1.25. The zero-order valence-electron chi connectivity index (χ0n) is 18.4. The molecule has 3 heterocycles. The normalized spacial score (nSPS) is 15.6. The van der Waals surface area contributed by atoms with E-state index in [1.807, 2.05) is 30.3 Å². The number of carbonyl (C=O) groups excluding carboxylic acids is 1. The van der Waals surface area contributed by atoms with Crippen LogP contribution in [0.3, 0.4) is 0 Å². The van der Waals surface area contributed by atoms with Gasteiger partial charge in [0.05, 0.1) is 24.4 Å². The summed E-state index contributed by atoms with van der Waals surface area (Å²) in [5.41, 5.74) is 2.86. The van der Waals surface area contributed by atoms with Crippen LogP contribution < -0.4 is 0 Å². The summed E-state index contributed by atoms with van der Waals surface area (Å²) in [6.07, 6.45) is 3.99. The highest BCUT2D eigenvalue weighted by Gasteiger charge is 2.29. The quantitative estimate of drug-likeness (QED) is 0.444. The molecular formula is C26H24ClFN4O2. The minimum absolute atomic E-state index is 0.0261. The van der Waals surface area contributed by atoms with Gasteiger partial charge in [0, 0.05) is 29.7 Å². The highest BCUT2D eigenvalue weighted by molar-refractivity contribution is 6.31. The number of aromatic nitrogens is 3. The minimum atomic E-state index is -0.667. The number of aliphatic hydroxyl groups is 1. The molecule has 4 aromatic rings. The lowest BCUT2D eigenvalue weighted by atomic mass is 9.87. The van der Waals surface area contributed by atoms with E-state index in [0.29, 0.717) is 54.3 Å². The molecule has 174 valence electrons. The summed E-state index contributed by atoms with van der Waals surface area (Å²) in [6.45, 7) is 1.59. The van der Waals surface area contributed by atoms with Gasteiger partial charge in [0.2, 0.25) is 0 Å². The molecule has 1 atom stereocenters. The van der Waals surface area contributed by atoms with E-state index < -0.39 is 6.10 Å². The fourth-order valence-corrected chi connectivity index (χ4v) is 4.72. The van der Waals surface area contributed by atoms with Crippen LogP contribution in [0.15, 0.2) is 67.0 Å². The Kier molecular flexibility index (Phi) is 6.30. The number of amides is 1. The summed E-state index contributed by atoms with van der Waals surface area (Å²) in [6, 6.07) is 15.4. The van der Waals surface area contributed by atoms with E-state index in [0.717, 1.165) is 10.9 Å². The lowest BCUT2D eigenvalue weighted by molar-refractivity contribution is 0.0462. The number of nitrogens with zero attached hydrogens (tertiary/aromatic N) is 4. The molecule has 8 heteroatoms. The third-order valence-corrected chi connectivity index (χ3v) is 6.85. The summed E-state index contributed by atoms with van der Waals surface area (Å²) >= 11 is 6.27. The summed E-state index contributed by atoms with van der Waals surface area (Å²) < 4.78 is 14.9. The number of carbonyl (C=O) groups is 1. The van der Waals surface area contributed by atoms with Crippen LogP contribution in [0, 0.1) is 11.7 Å². The van der Waals surface area contributed by atoms with Crippen LogP contribution in [-0.4, -0.2) is 43.8 Å². The Morgan fingerprint density at radius 2 is 1.85 bits per heavy atom. The number of aliphatic hydroxyl groups excluding tert-OH is 1. The van der Waals surface area contributed by atoms with Gasteiger partial charge in [0.25, 0.3) is 5.91 Å². The van der Waals surface area contributed by atoms with E-state index in [1.54, 1.807) is 34.1 Å². The average molecular weight is 479 g/mol.